The zero-order valence-corrected chi connectivity index (χ0v) is 71.4. The van der Waals surface area contributed by atoms with Crippen molar-refractivity contribution in [3.63, 3.8) is 0 Å². The fourth-order valence-corrected chi connectivity index (χ4v) is 16.3. The first-order valence-corrected chi connectivity index (χ1v) is 43.4. The van der Waals surface area contributed by atoms with Gasteiger partial charge in [0.1, 0.15) is 5.69 Å². The molecule has 3 aliphatic heterocycles. The second-order valence-corrected chi connectivity index (χ2v) is 32.2. The average molecular weight is 1680 g/mol. The van der Waals surface area contributed by atoms with Crippen molar-refractivity contribution in [3.8, 4) is 0 Å². The molecule has 0 radical (unpaired) electrons. The van der Waals surface area contributed by atoms with E-state index in [2.05, 4.69) is 125 Å². The quantitative estimate of drug-likeness (QED) is 0.00998. The summed E-state index contributed by atoms with van der Waals surface area (Å²) >= 11 is 0. The number of aromatic amines is 1. The van der Waals surface area contributed by atoms with Crippen molar-refractivity contribution >= 4 is 64.2 Å². The summed E-state index contributed by atoms with van der Waals surface area (Å²) in [6.07, 6.45) is 7.07. The summed E-state index contributed by atoms with van der Waals surface area (Å²) in [5.74, 6) is 0.213. The number of aromatic nitrogens is 1. The van der Waals surface area contributed by atoms with Gasteiger partial charge in [-0.3, -0.25) is 43.7 Å². The van der Waals surface area contributed by atoms with Crippen LogP contribution in [0, 0.1) is 13.8 Å². The van der Waals surface area contributed by atoms with Gasteiger partial charge in [0.25, 0.3) is 11.8 Å². The molecule has 4 heterocycles. The van der Waals surface area contributed by atoms with E-state index in [1.165, 1.54) is 33.4 Å². The van der Waals surface area contributed by atoms with Gasteiger partial charge in [-0.05, 0) is 152 Å². The molecule has 3 saturated heterocycles. The van der Waals surface area contributed by atoms with Gasteiger partial charge >= 0.3 is 0 Å². The Bertz CT molecular complexity index is 4920. The summed E-state index contributed by atoms with van der Waals surface area (Å²) in [6, 6.07) is 86.0. The monoisotopic (exact) mass is 1670 g/mol. The number of amides is 6. The summed E-state index contributed by atoms with van der Waals surface area (Å²) in [4.78, 5) is 102. The number of hydrogen-bond donors (Lipinski definition) is 13. The third-order valence-electron chi connectivity index (χ3n) is 23.2. The number of hydrogen-bond acceptors (Lipinski definition) is 12. The Morgan fingerprint density at radius 2 is 0.726 bits per heavy atom. The van der Waals surface area contributed by atoms with Gasteiger partial charge in [0.15, 0.2) is 17.9 Å². The van der Waals surface area contributed by atoms with E-state index in [9.17, 15) is 28.8 Å². The number of aryl methyl sites for hydroxylation is 3. The molecular weight excluding hydrogens is 1550 g/mol. The van der Waals surface area contributed by atoms with Crippen LogP contribution in [0.2, 0.25) is 0 Å². The molecule has 3 fully saturated rings. The van der Waals surface area contributed by atoms with Gasteiger partial charge in [-0.15, -0.1) is 0 Å². The van der Waals surface area contributed by atoms with Crippen LogP contribution in [0.4, 0.5) is 0 Å². The molecule has 1 aromatic heterocycles. The molecule has 0 spiro atoms. The Morgan fingerprint density at radius 3 is 1.07 bits per heavy atom. The van der Waals surface area contributed by atoms with E-state index >= 15 is 0 Å². The Balaban J connectivity index is 0.000000181. The van der Waals surface area contributed by atoms with Crippen molar-refractivity contribution in [2.24, 2.45) is 49.4 Å². The number of nitrogens with one attached hydrogen (secondary N) is 7. The van der Waals surface area contributed by atoms with Gasteiger partial charge in [-0.2, -0.15) is 0 Å². The molecule has 0 aliphatic carbocycles. The van der Waals surface area contributed by atoms with E-state index < -0.39 is 12.1 Å². The largest absolute Gasteiger partial charge is 0.370 e. The summed E-state index contributed by atoms with van der Waals surface area (Å²) in [5.41, 5.74) is 45.5. The lowest BCUT2D eigenvalue weighted by Crippen LogP contribution is -2.49. The topological polar surface area (TPSA) is 393 Å². The molecule has 6 amide bonds. The minimum atomic E-state index is -0.413. The number of benzene rings is 9. The van der Waals surface area contributed by atoms with Crippen LogP contribution in [0.3, 0.4) is 0 Å². The summed E-state index contributed by atoms with van der Waals surface area (Å²) < 4.78 is 0. The predicted octanol–water partition coefficient (Wildman–Crippen LogP) is 10.0. The number of nitrogens with zero attached hydrogens (tertiary/aromatic N) is 6. The number of H-pyrrole nitrogens is 1. The molecule has 25 heteroatoms. The number of carbonyl (C=O) groups is 6. The van der Waals surface area contributed by atoms with E-state index in [1.807, 2.05) is 217 Å². The second-order valence-electron chi connectivity index (χ2n) is 32.2. The molecule has 0 saturated carbocycles. The Labute approximate surface area is 729 Å². The summed E-state index contributed by atoms with van der Waals surface area (Å²) in [5, 5.41) is 20.9. The molecule has 9 aromatic carbocycles. The van der Waals surface area contributed by atoms with Gasteiger partial charge in [0.2, 0.25) is 23.6 Å². The highest BCUT2D eigenvalue weighted by Crippen LogP contribution is 2.32. The molecule has 0 bridgehead atoms. The molecule has 0 unspecified atom stereocenters. The molecule has 19 N–H and O–H groups in total. The van der Waals surface area contributed by atoms with Gasteiger partial charge in [0.05, 0.1) is 18.1 Å². The number of nitrogens with two attached hydrogens (primary N) is 6. The lowest BCUT2D eigenvalue weighted by molar-refractivity contribution is -0.133. The van der Waals surface area contributed by atoms with Gasteiger partial charge in [-0.1, -0.05) is 237 Å². The number of para-hydroxylation sites is 1. The lowest BCUT2D eigenvalue weighted by atomic mass is 9.90. The van der Waals surface area contributed by atoms with Crippen LogP contribution in [0.25, 0.3) is 10.9 Å². The maximum atomic E-state index is 14.0. The zero-order chi connectivity index (χ0) is 87.4. The predicted molar refractivity (Wildman–Crippen MR) is 496 cm³/mol. The molecule has 650 valence electrons. The number of guanidine groups is 3. The van der Waals surface area contributed by atoms with Crippen LogP contribution in [0.15, 0.2) is 276 Å². The third-order valence-corrected chi connectivity index (χ3v) is 23.2. The highest BCUT2D eigenvalue weighted by molar-refractivity contribution is 5.98. The van der Waals surface area contributed by atoms with E-state index in [0.717, 1.165) is 40.4 Å². The van der Waals surface area contributed by atoms with Gasteiger partial charge in [-0.25, -0.2) is 0 Å². The van der Waals surface area contributed by atoms with Crippen LogP contribution in [-0.4, -0.2) is 188 Å². The van der Waals surface area contributed by atoms with E-state index in [-0.39, 0.29) is 95.2 Å². The minimum absolute atomic E-state index is 0.0145. The number of carbonyl (C=O) groups excluding carboxylic acids is 6. The van der Waals surface area contributed by atoms with Gasteiger partial charge < -0.3 is 86.0 Å². The highest BCUT2D eigenvalue weighted by Gasteiger charge is 2.37. The van der Waals surface area contributed by atoms with E-state index in [1.54, 1.807) is 0 Å². The minimum Gasteiger partial charge on any atom is -0.370 e. The number of fused-ring (bicyclic) bond motifs is 1. The third kappa shape index (κ3) is 28.6. The number of rotatable bonds is 35. The van der Waals surface area contributed by atoms with E-state index in [0.29, 0.717) is 148 Å². The molecular formula is C99H123N19O6. The Morgan fingerprint density at radius 1 is 0.395 bits per heavy atom. The first-order chi connectivity index (χ1) is 60.3. The molecule has 3 aliphatic rings. The van der Waals surface area contributed by atoms with Crippen molar-refractivity contribution in [2.45, 2.75) is 138 Å². The van der Waals surface area contributed by atoms with E-state index in [4.69, 9.17) is 34.4 Å². The van der Waals surface area contributed by atoms with Crippen molar-refractivity contribution in [2.75, 3.05) is 78.5 Å². The molecule has 124 heavy (non-hydrogen) atoms. The summed E-state index contributed by atoms with van der Waals surface area (Å²) in [6.45, 7) is 10.2. The SMILES string of the molecule is Cc1ccc(C(=O)NC[C@@H]2CCN(CC(c3ccccc3)c3ccccc3)C(=O)[C@H](CCCN=C(N)N)N2)cc1C.NC(N)=NCCC[C@@H]1N[C@H](CNC(=O)CCc2ccccc2)CCN(CC(c2ccccc2)c2ccccc2)C1=O.NC(N)=NCCC[C@@H]1N[C@H](CNC(=O)c2cc3ccccc3[nH]2)CCN(CC(c2ccccc2)c2ccccc2)C1=O. The first-order valence-electron chi connectivity index (χ1n) is 43.4. The molecule has 13 rings (SSSR count). The fraction of sp³-hybridized carbons (Fsp3) is 0.343. The normalized spacial score (nSPS) is 17.2. The Hall–Kier alpha value is -13.0. The summed E-state index contributed by atoms with van der Waals surface area (Å²) in [7, 11) is 0. The number of aliphatic imine (C=N–C) groups is 3. The standard InChI is InChI=1S/C33H39N7O2.2C33H42N6O2/c34-33(35)36-18-9-16-29-32(42)40(22-27(23-10-3-1-4-11-23)24-12-5-2-6-13-24)19-17-26(38-29)21-37-31(41)30-20-25-14-7-8-15-28(25)39-30;1-23-15-16-27(20-24(23)2)31(40)37-21-28-17-19-39(32(41)30(38-28)14-9-18-36-33(34)35)22-29(25-10-5-3-6-11-25)26-12-7-4-8-13-26;34-33(35)36-21-10-17-30-32(41)39(24-29(26-13-6-2-7-14-26)27-15-8-3-9-16-27)22-20-28(38-30)23-37-31(40)19-18-25-11-4-1-5-12-25/h1-8,10-15,20,26-27,29,38-39H,9,16-19,21-22H2,(H,37,41)(H4,34,35,36);3-8,10-13,15-16,20,28-30,38H,9,14,17-19,21-22H2,1-2H3,(H,37,40)(H4,34,35,36);1-9,11-16,28-30,38H,10,17-24H2,(H,37,40)(H4,34,35,36)/t26-,29-;2*28-,30-/m000/s1. The molecule has 6 atom stereocenters. The van der Waals surface area contributed by atoms with Crippen LogP contribution in [0.5, 0.6) is 0 Å². The van der Waals surface area contributed by atoms with Crippen LogP contribution in [-0.2, 0) is 25.6 Å². The van der Waals surface area contributed by atoms with Crippen molar-refractivity contribution in [3.05, 3.63) is 322 Å². The van der Waals surface area contributed by atoms with Crippen LogP contribution < -0.4 is 66.3 Å². The van der Waals surface area contributed by atoms with Crippen LogP contribution >= 0.6 is 0 Å². The van der Waals surface area contributed by atoms with Crippen molar-refractivity contribution in [1.29, 1.82) is 0 Å². The average Bonchev–Trinajstić information content (AvgIpc) is 1.24. The maximum Gasteiger partial charge on any atom is 0.267 e. The zero-order valence-electron chi connectivity index (χ0n) is 71.4. The van der Waals surface area contributed by atoms with Crippen LogP contribution in [0.1, 0.15) is 153 Å². The Kier molecular flexibility index (Phi) is 35.5. The van der Waals surface area contributed by atoms with Crippen molar-refractivity contribution in [1.82, 2.24) is 51.6 Å². The second kappa shape index (κ2) is 48.0. The fourth-order valence-electron chi connectivity index (χ4n) is 16.3. The maximum absolute atomic E-state index is 14.0. The van der Waals surface area contributed by atoms with Gasteiger partial charge in [0, 0.05) is 137 Å². The molecule has 10 aromatic rings. The lowest BCUT2D eigenvalue weighted by Gasteiger charge is -2.29. The highest BCUT2D eigenvalue weighted by atomic mass is 16.2. The molecule has 25 nitrogen and oxygen atoms in total. The smallest absolute Gasteiger partial charge is 0.267 e. The first kappa shape index (κ1) is 91.8. The van der Waals surface area contributed by atoms with Crippen molar-refractivity contribution < 1.29 is 28.8 Å².